The van der Waals surface area contributed by atoms with Crippen molar-refractivity contribution in [1.29, 1.82) is 0 Å². The van der Waals surface area contributed by atoms with Crippen molar-refractivity contribution in [1.82, 2.24) is 0 Å². The number of rotatable bonds is 3. The number of hydrogen-bond donors (Lipinski definition) is 1. The number of hydrogen-bond acceptors (Lipinski definition) is 1. The second-order valence-electron chi connectivity index (χ2n) is 5.04. The Bertz CT molecular complexity index is 711. The zero-order valence-electron chi connectivity index (χ0n) is 11.4. The molecule has 0 amide bonds. The molecular weight excluding hydrogens is 248 g/mol. The van der Waals surface area contributed by atoms with Crippen LogP contribution in [0.2, 0.25) is 0 Å². The summed E-state index contributed by atoms with van der Waals surface area (Å²) in [7, 11) is 0. The Morgan fingerprint density at radius 2 is 1.90 bits per heavy atom. The van der Waals surface area contributed by atoms with Crippen molar-refractivity contribution in [3.05, 3.63) is 64.7 Å². The van der Waals surface area contributed by atoms with E-state index in [0.29, 0.717) is 12.0 Å². The highest BCUT2D eigenvalue weighted by Gasteiger charge is 2.20. The van der Waals surface area contributed by atoms with Gasteiger partial charge < -0.3 is 5.11 Å². The van der Waals surface area contributed by atoms with E-state index in [2.05, 4.69) is 24.3 Å². The van der Waals surface area contributed by atoms with Gasteiger partial charge in [0.1, 0.15) is 0 Å². The van der Waals surface area contributed by atoms with Crippen LogP contribution < -0.4 is 0 Å². The fraction of sp³-hybridized carbons (Fsp3) is 0.167. The highest BCUT2D eigenvalue weighted by atomic mass is 16.4. The quantitative estimate of drug-likeness (QED) is 0.722. The van der Waals surface area contributed by atoms with E-state index >= 15 is 0 Å². The Morgan fingerprint density at radius 1 is 1.15 bits per heavy atom. The van der Waals surface area contributed by atoms with Gasteiger partial charge in [-0.1, -0.05) is 49.4 Å². The molecule has 100 valence electrons. The largest absolute Gasteiger partial charge is 0.478 e. The van der Waals surface area contributed by atoms with E-state index in [0.717, 1.165) is 12.0 Å². The average molecular weight is 264 g/mol. The first-order valence-corrected chi connectivity index (χ1v) is 6.84. The van der Waals surface area contributed by atoms with Gasteiger partial charge in [0.15, 0.2) is 0 Å². The van der Waals surface area contributed by atoms with Gasteiger partial charge in [0, 0.05) is 5.57 Å². The molecular formula is C18H16O2. The minimum absolute atomic E-state index is 0.453. The fourth-order valence-electron chi connectivity index (χ4n) is 2.82. The van der Waals surface area contributed by atoms with E-state index in [-0.39, 0.29) is 0 Å². The first-order chi connectivity index (χ1) is 9.70. The maximum atomic E-state index is 11.2. The lowest BCUT2D eigenvalue weighted by Gasteiger charge is -2.06. The topological polar surface area (TPSA) is 37.3 Å². The third-order valence-electron chi connectivity index (χ3n) is 3.87. The minimum atomic E-state index is -0.833. The number of carboxylic acid groups (broad SMARTS) is 1. The van der Waals surface area contributed by atoms with E-state index in [1.54, 1.807) is 0 Å². The molecule has 2 nitrogen and oxygen atoms in total. The number of benzene rings is 2. The van der Waals surface area contributed by atoms with Gasteiger partial charge in [0.05, 0.1) is 0 Å². The van der Waals surface area contributed by atoms with Gasteiger partial charge in [-0.3, -0.25) is 0 Å². The van der Waals surface area contributed by atoms with Crippen LogP contribution in [0.4, 0.5) is 0 Å². The molecule has 1 N–H and O–H groups in total. The molecule has 20 heavy (non-hydrogen) atoms. The number of fused-ring (bicyclic) bond motifs is 3. The van der Waals surface area contributed by atoms with Gasteiger partial charge in [-0.25, -0.2) is 4.79 Å². The van der Waals surface area contributed by atoms with Gasteiger partial charge >= 0.3 is 5.97 Å². The predicted molar refractivity (Wildman–Crippen MR) is 80.6 cm³/mol. The summed E-state index contributed by atoms with van der Waals surface area (Å²) in [5.41, 5.74) is 6.53. The summed E-state index contributed by atoms with van der Waals surface area (Å²) in [4.78, 5) is 11.2. The first kappa shape index (κ1) is 12.7. The van der Waals surface area contributed by atoms with E-state index in [9.17, 15) is 9.90 Å². The molecule has 1 aliphatic carbocycles. The molecule has 0 fully saturated rings. The third kappa shape index (κ3) is 2.03. The molecule has 0 aromatic heterocycles. The molecule has 0 aliphatic heterocycles. The molecule has 0 radical (unpaired) electrons. The lowest BCUT2D eigenvalue weighted by molar-refractivity contribution is -0.132. The highest BCUT2D eigenvalue weighted by molar-refractivity contribution is 5.93. The van der Waals surface area contributed by atoms with Crippen molar-refractivity contribution in [3.63, 3.8) is 0 Å². The van der Waals surface area contributed by atoms with Crippen LogP contribution in [-0.2, 0) is 11.2 Å². The van der Waals surface area contributed by atoms with Crippen molar-refractivity contribution in [2.24, 2.45) is 0 Å². The lowest BCUT2D eigenvalue weighted by atomic mass is 9.99. The van der Waals surface area contributed by atoms with Gasteiger partial charge in [0.25, 0.3) is 0 Å². The molecule has 2 heteroatoms. The maximum Gasteiger partial charge on any atom is 0.331 e. The van der Waals surface area contributed by atoms with Crippen molar-refractivity contribution in [3.8, 4) is 11.1 Å². The van der Waals surface area contributed by atoms with Gasteiger partial charge in [-0.2, -0.15) is 0 Å². The molecule has 0 unspecified atom stereocenters. The Balaban J connectivity index is 2.12. The third-order valence-corrected chi connectivity index (χ3v) is 3.87. The average Bonchev–Trinajstić information content (AvgIpc) is 2.84. The van der Waals surface area contributed by atoms with E-state index in [4.69, 9.17) is 0 Å². The first-order valence-electron chi connectivity index (χ1n) is 6.84. The molecule has 0 saturated carbocycles. The lowest BCUT2D eigenvalue weighted by Crippen LogP contribution is -1.99. The standard InChI is InChI=1S/C18H16O2/c1-2-12(18(19)20)10-13-7-5-9-16-15-8-4-3-6-14(15)11-17(13)16/h3-10H,2,11H2,1H3,(H,19,20). The van der Waals surface area contributed by atoms with Gasteiger partial charge in [-0.05, 0) is 46.7 Å². The van der Waals surface area contributed by atoms with E-state index < -0.39 is 5.97 Å². The molecule has 1 aliphatic rings. The number of carboxylic acids is 1. The summed E-state index contributed by atoms with van der Waals surface area (Å²) in [5.74, 6) is -0.833. The van der Waals surface area contributed by atoms with E-state index in [1.807, 2.05) is 31.2 Å². The molecule has 2 aromatic rings. The summed E-state index contributed by atoms with van der Waals surface area (Å²) in [6.45, 7) is 1.87. The monoisotopic (exact) mass is 264 g/mol. The maximum absolute atomic E-state index is 11.2. The highest BCUT2D eigenvalue weighted by Crippen LogP contribution is 2.38. The van der Waals surface area contributed by atoms with E-state index in [1.165, 1.54) is 22.3 Å². The van der Waals surface area contributed by atoms with Crippen LogP contribution in [-0.4, -0.2) is 11.1 Å². The Kier molecular flexibility index (Phi) is 3.15. The summed E-state index contributed by atoms with van der Waals surface area (Å²) in [5, 5.41) is 9.19. The van der Waals surface area contributed by atoms with Crippen LogP contribution in [0.1, 0.15) is 30.0 Å². The number of aliphatic carboxylic acids is 1. The molecule has 2 aromatic carbocycles. The molecule has 0 heterocycles. The van der Waals surface area contributed by atoms with Crippen molar-refractivity contribution in [2.75, 3.05) is 0 Å². The summed E-state index contributed by atoms with van der Waals surface area (Å²) in [6.07, 6.45) is 3.23. The second kappa shape index (κ2) is 4.97. The fourth-order valence-corrected chi connectivity index (χ4v) is 2.82. The molecule has 0 bridgehead atoms. The SMILES string of the molecule is CCC(=Cc1cccc2c1Cc1ccccc1-2)C(=O)O. The summed E-state index contributed by atoms with van der Waals surface area (Å²) in [6, 6.07) is 14.5. The summed E-state index contributed by atoms with van der Waals surface area (Å²) < 4.78 is 0. The Hall–Kier alpha value is -2.35. The smallest absolute Gasteiger partial charge is 0.331 e. The van der Waals surface area contributed by atoms with Crippen LogP contribution in [0.15, 0.2) is 48.0 Å². The summed E-state index contributed by atoms with van der Waals surface area (Å²) >= 11 is 0. The van der Waals surface area contributed by atoms with Gasteiger partial charge in [-0.15, -0.1) is 0 Å². The molecule has 3 rings (SSSR count). The van der Waals surface area contributed by atoms with Crippen molar-refractivity contribution >= 4 is 12.0 Å². The van der Waals surface area contributed by atoms with Crippen molar-refractivity contribution < 1.29 is 9.90 Å². The predicted octanol–water partition coefficient (Wildman–Crippen LogP) is 4.14. The Labute approximate surface area is 118 Å². The van der Waals surface area contributed by atoms with Gasteiger partial charge in [0.2, 0.25) is 0 Å². The zero-order valence-corrected chi connectivity index (χ0v) is 11.4. The second-order valence-corrected chi connectivity index (χ2v) is 5.04. The van der Waals surface area contributed by atoms with Crippen LogP contribution in [0.3, 0.4) is 0 Å². The van der Waals surface area contributed by atoms with Crippen LogP contribution in [0.25, 0.3) is 17.2 Å². The normalized spacial score (nSPS) is 12.9. The molecule has 0 saturated heterocycles. The van der Waals surface area contributed by atoms with Crippen LogP contribution >= 0.6 is 0 Å². The minimum Gasteiger partial charge on any atom is -0.478 e. The molecule has 0 atom stereocenters. The zero-order chi connectivity index (χ0) is 14.1. The molecule has 0 spiro atoms. The Morgan fingerprint density at radius 3 is 2.65 bits per heavy atom. The number of carbonyl (C=O) groups is 1. The van der Waals surface area contributed by atoms with Crippen LogP contribution in [0.5, 0.6) is 0 Å². The van der Waals surface area contributed by atoms with Crippen LogP contribution in [0, 0.1) is 0 Å². The van der Waals surface area contributed by atoms with Crippen molar-refractivity contribution in [2.45, 2.75) is 19.8 Å².